The highest BCUT2D eigenvalue weighted by Gasteiger charge is 2.29. The van der Waals surface area contributed by atoms with E-state index in [0.29, 0.717) is 6.54 Å². The highest BCUT2D eigenvalue weighted by atomic mass is 35.5. The third-order valence-corrected chi connectivity index (χ3v) is 4.05. The second kappa shape index (κ2) is 6.72. The molecule has 0 aromatic heterocycles. The lowest BCUT2D eigenvalue weighted by molar-refractivity contribution is 0.0689. The average molecular weight is 322 g/mol. The van der Waals surface area contributed by atoms with Crippen LogP contribution in [0.4, 0.5) is 8.78 Å². The van der Waals surface area contributed by atoms with Gasteiger partial charge in [0.1, 0.15) is 11.6 Å². The summed E-state index contributed by atoms with van der Waals surface area (Å²) in [5, 5.41) is -0.330. The minimum absolute atomic E-state index is 0.0550. The van der Waals surface area contributed by atoms with Crippen LogP contribution in [-0.4, -0.2) is 29.3 Å². The summed E-state index contributed by atoms with van der Waals surface area (Å²) in [6.45, 7) is 0.328. The number of amides is 1. The molecule has 1 aromatic carbocycles. The van der Waals surface area contributed by atoms with Crippen LogP contribution >= 0.6 is 23.2 Å². The van der Waals surface area contributed by atoms with Gasteiger partial charge in [0.2, 0.25) is 0 Å². The van der Waals surface area contributed by atoms with Gasteiger partial charge in [-0.05, 0) is 25.0 Å². The van der Waals surface area contributed by atoms with E-state index in [2.05, 4.69) is 0 Å². The second-order valence-electron chi connectivity index (χ2n) is 4.87. The lowest BCUT2D eigenvalue weighted by Gasteiger charge is -2.28. The summed E-state index contributed by atoms with van der Waals surface area (Å²) in [5.41, 5.74) is -0.288. The van der Waals surface area contributed by atoms with Gasteiger partial charge in [-0.25, -0.2) is 8.78 Å². The van der Waals surface area contributed by atoms with Crippen molar-refractivity contribution in [2.75, 3.05) is 12.4 Å². The van der Waals surface area contributed by atoms with E-state index in [1.165, 1.54) is 0 Å². The van der Waals surface area contributed by atoms with Crippen molar-refractivity contribution >= 4 is 29.1 Å². The Morgan fingerprint density at radius 3 is 2.50 bits per heavy atom. The SMILES string of the molecule is O=C(c1cc(F)c(Cl)cc1F)N(CCCl)C1CCCC1. The Morgan fingerprint density at radius 2 is 1.90 bits per heavy atom. The van der Waals surface area contributed by atoms with Crippen molar-refractivity contribution in [3.05, 3.63) is 34.4 Å². The smallest absolute Gasteiger partial charge is 0.257 e. The van der Waals surface area contributed by atoms with Gasteiger partial charge in [0.15, 0.2) is 0 Å². The van der Waals surface area contributed by atoms with Crippen LogP contribution < -0.4 is 0 Å². The third-order valence-electron chi connectivity index (χ3n) is 3.59. The van der Waals surface area contributed by atoms with Crippen molar-refractivity contribution < 1.29 is 13.6 Å². The third kappa shape index (κ3) is 3.23. The largest absolute Gasteiger partial charge is 0.334 e. The average Bonchev–Trinajstić information content (AvgIpc) is 2.93. The van der Waals surface area contributed by atoms with Crippen LogP contribution in [0, 0.1) is 11.6 Å². The van der Waals surface area contributed by atoms with Crippen LogP contribution in [0.15, 0.2) is 12.1 Å². The van der Waals surface area contributed by atoms with Crippen molar-refractivity contribution in [1.82, 2.24) is 4.90 Å². The lowest BCUT2D eigenvalue weighted by atomic mass is 10.1. The van der Waals surface area contributed by atoms with Gasteiger partial charge in [0.25, 0.3) is 5.91 Å². The number of alkyl halides is 1. The molecule has 6 heteroatoms. The summed E-state index contributed by atoms with van der Waals surface area (Å²) >= 11 is 11.2. The predicted octanol–water partition coefficient (Wildman–Crippen LogP) is 4.24. The molecule has 0 heterocycles. The lowest BCUT2D eigenvalue weighted by Crippen LogP contribution is -2.40. The second-order valence-corrected chi connectivity index (χ2v) is 5.66. The van der Waals surface area contributed by atoms with Gasteiger partial charge in [-0.2, -0.15) is 0 Å². The van der Waals surface area contributed by atoms with Crippen molar-refractivity contribution in [1.29, 1.82) is 0 Å². The molecule has 2 rings (SSSR count). The summed E-state index contributed by atoms with van der Waals surface area (Å²) < 4.78 is 27.3. The molecule has 20 heavy (non-hydrogen) atoms. The molecule has 0 atom stereocenters. The standard InChI is InChI=1S/C14H15Cl2F2NO/c15-5-6-19(9-3-1-2-4-9)14(20)10-7-13(18)11(16)8-12(10)17/h7-9H,1-6H2. The number of rotatable bonds is 4. The van der Waals surface area contributed by atoms with Gasteiger partial charge < -0.3 is 4.90 Å². The van der Waals surface area contributed by atoms with Gasteiger partial charge in [-0.1, -0.05) is 24.4 Å². The molecule has 0 radical (unpaired) electrons. The summed E-state index contributed by atoms with van der Waals surface area (Å²) in [4.78, 5) is 14.0. The minimum Gasteiger partial charge on any atom is -0.334 e. The molecule has 0 saturated heterocycles. The molecule has 1 aliphatic carbocycles. The first-order valence-corrected chi connectivity index (χ1v) is 7.47. The number of carbonyl (C=O) groups excluding carboxylic acids is 1. The Bertz CT molecular complexity index is 504. The molecule has 1 saturated carbocycles. The van der Waals surface area contributed by atoms with Crippen LogP contribution in [0.5, 0.6) is 0 Å². The fraction of sp³-hybridized carbons (Fsp3) is 0.500. The van der Waals surface area contributed by atoms with Gasteiger partial charge in [0, 0.05) is 18.5 Å². The number of hydrogen-bond acceptors (Lipinski definition) is 1. The zero-order valence-electron chi connectivity index (χ0n) is 10.8. The Hall–Kier alpha value is -0.870. The van der Waals surface area contributed by atoms with Gasteiger partial charge in [0.05, 0.1) is 10.6 Å². The normalized spacial score (nSPS) is 15.6. The first kappa shape index (κ1) is 15.5. The number of nitrogens with zero attached hydrogens (tertiary/aromatic N) is 1. The molecule has 1 aliphatic rings. The molecule has 1 amide bonds. The van der Waals surface area contributed by atoms with Crippen molar-refractivity contribution in [3.8, 4) is 0 Å². The molecule has 0 bridgehead atoms. The molecule has 0 unspecified atom stereocenters. The summed E-state index contributed by atoms with van der Waals surface area (Å²) in [5.74, 6) is -1.86. The zero-order chi connectivity index (χ0) is 14.7. The molecule has 0 aliphatic heterocycles. The minimum atomic E-state index is -0.807. The molecule has 0 N–H and O–H groups in total. The van der Waals surface area contributed by atoms with Crippen LogP contribution in [0.2, 0.25) is 5.02 Å². The van der Waals surface area contributed by atoms with E-state index >= 15 is 0 Å². The Morgan fingerprint density at radius 1 is 1.25 bits per heavy atom. The van der Waals surface area contributed by atoms with Crippen LogP contribution in [0.1, 0.15) is 36.0 Å². The van der Waals surface area contributed by atoms with Gasteiger partial charge in [-0.3, -0.25) is 4.79 Å². The maximum absolute atomic E-state index is 13.8. The summed E-state index contributed by atoms with van der Waals surface area (Å²) in [6, 6.07) is 1.74. The van der Waals surface area contributed by atoms with E-state index in [-0.39, 0.29) is 22.5 Å². The first-order valence-electron chi connectivity index (χ1n) is 6.56. The Kier molecular flexibility index (Phi) is 5.22. The van der Waals surface area contributed by atoms with Crippen molar-refractivity contribution in [3.63, 3.8) is 0 Å². The molecule has 2 nitrogen and oxygen atoms in total. The van der Waals surface area contributed by atoms with E-state index < -0.39 is 17.5 Å². The fourth-order valence-corrected chi connectivity index (χ4v) is 2.93. The number of halogens is 4. The van der Waals surface area contributed by atoms with Crippen molar-refractivity contribution in [2.24, 2.45) is 0 Å². The molecule has 110 valence electrons. The summed E-state index contributed by atoms with van der Waals surface area (Å²) in [6.07, 6.45) is 3.82. The van der Waals surface area contributed by atoms with Gasteiger partial charge >= 0.3 is 0 Å². The number of hydrogen-bond donors (Lipinski definition) is 0. The summed E-state index contributed by atoms with van der Waals surface area (Å²) in [7, 11) is 0. The molecule has 0 spiro atoms. The molecule has 1 fully saturated rings. The maximum Gasteiger partial charge on any atom is 0.257 e. The van der Waals surface area contributed by atoms with E-state index in [0.717, 1.165) is 37.8 Å². The number of benzene rings is 1. The van der Waals surface area contributed by atoms with Gasteiger partial charge in [-0.15, -0.1) is 11.6 Å². The topological polar surface area (TPSA) is 20.3 Å². The van der Waals surface area contributed by atoms with Crippen molar-refractivity contribution in [2.45, 2.75) is 31.7 Å². The number of carbonyl (C=O) groups is 1. The highest BCUT2D eigenvalue weighted by molar-refractivity contribution is 6.30. The quantitative estimate of drug-likeness (QED) is 0.600. The van der Waals surface area contributed by atoms with E-state index in [1.807, 2.05) is 0 Å². The molecule has 1 aromatic rings. The van der Waals surface area contributed by atoms with Crippen LogP contribution in [0.25, 0.3) is 0 Å². The monoisotopic (exact) mass is 321 g/mol. The van der Waals surface area contributed by atoms with E-state index in [4.69, 9.17) is 23.2 Å². The maximum atomic E-state index is 13.8. The zero-order valence-corrected chi connectivity index (χ0v) is 12.4. The molecular formula is C14H15Cl2F2NO. The van der Waals surface area contributed by atoms with Crippen LogP contribution in [-0.2, 0) is 0 Å². The first-order chi connectivity index (χ1) is 9.54. The van der Waals surface area contributed by atoms with E-state index in [9.17, 15) is 13.6 Å². The molecular weight excluding hydrogens is 307 g/mol. The van der Waals surface area contributed by atoms with E-state index in [1.54, 1.807) is 4.90 Å². The Balaban J connectivity index is 2.29. The Labute approximate surface area is 126 Å². The van der Waals surface area contributed by atoms with Crippen LogP contribution in [0.3, 0.4) is 0 Å². The fourth-order valence-electron chi connectivity index (χ4n) is 2.60. The highest BCUT2D eigenvalue weighted by Crippen LogP contribution is 2.27. The predicted molar refractivity (Wildman–Crippen MR) is 75.4 cm³/mol.